The number of carboxylic acid groups (broad SMARTS) is 2. The van der Waals surface area contributed by atoms with Crippen molar-refractivity contribution in [2.75, 3.05) is 52.9 Å². The van der Waals surface area contributed by atoms with Gasteiger partial charge < -0.3 is 190 Å². The van der Waals surface area contributed by atoms with Crippen LogP contribution in [0.4, 0.5) is 0 Å². The van der Waals surface area contributed by atoms with Crippen LogP contribution in [-0.2, 0) is 80.8 Å². The van der Waals surface area contributed by atoms with Gasteiger partial charge in [0.2, 0.25) is 24.0 Å². The molecule has 3 amide bonds. The molecular formula is C50H82N3O39-. The van der Waals surface area contributed by atoms with Crippen molar-refractivity contribution in [1.29, 1.82) is 0 Å². The van der Waals surface area contributed by atoms with Crippen molar-refractivity contribution in [3.05, 3.63) is 0 Å². The predicted molar refractivity (Wildman–Crippen MR) is 278 cm³/mol. The van der Waals surface area contributed by atoms with Gasteiger partial charge in [-0.15, -0.1) is 0 Å². The molecular weight excluding hydrogens is 1270 g/mol. The first-order valence-corrected chi connectivity index (χ1v) is 28.6. The fourth-order valence-electron chi connectivity index (χ4n) is 11.2. The highest BCUT2D eigenvalue weighted by Crippen LogP contribution is 2.41. The molecule has 6 saturated heterocycles. The minimum absolute atomic E-state index is 0.236. The van der Waals surface area contributed by atoms with Gasteiger partial charge in [-0.3, -0.25) is 14.4 Å². The topological polar surface area (TPSA) is 680 Å². The lowest BCUT2D eigenvalue weighted by atomic mass is 9.88. The number of carbonyl (C=O) groups is 5. The van der Waals surface area contributed by atoms with Gasteiger partial charge >= 0.3 is 5.97 Å². The van der Waals surface area contributed by atoms with E-state index < -0.39 is 291 Å². The Morgan fingerprint density at radius 3 is 1.53 bits per heavy atom. The fraction of sp³-hybridized carbons (Fsp3) is 0.900. The zero-order chi connectivity index (χ0) is 68.6. The Kier molecular flexibility index (Phi) is 27.9. The van der Waals surface area contributed by atoms with Crippen LogP contribution in [0.5, 0.6) is 0 Å². The van der Waals surface area contributed by atoms with E-state index in [1.807, 2.05) is 0 Å². The van der Waals surface area contributed by atoms with Crippen molar-refractivity contribution >= 4 is 30.2 Å². The molecule has 6 aliphatic rings. The molecule has 0 aromatic rings. The zero-order valence-corrected chi connectivity index (χ0v) is 48.8. The standard InChI is InChI=1S/C50H83N3O39/c1-14(61)52-25-17(63)3-49(47(77)78,90-40(25)28(68)19(65)6-55)82-12-24-31(71)39(89-46-36(76)42(30(70)21(8-57)83-46)92-50(48(79)80)4-18(64)27(67)41(91-50)29(69)20(66)7-56)26(53-15(2)62)43(86-24)87-37-23(10-59)85-45(35(75)33(37)73)88-38-22(9-58)84-44(34(74)32(38)72)81-11-16(5-54)51-13-60/h13,16-46,54-59,63-76H,3-12H2,1-2H3,(H,51,60)(H,52,61)(H,53,62)(H,77,78)(H,79,80)/p-1/t16-,17+,18+,19-,20-,21-,22-,23-,24-,25-,26-,27-,28-,29-,30+,31+,32-,33-,34-,35-,36-,37+,38-,39-,40-,41-,42+,43+,44-,45+,46+,49-,50+/m1/s1. The Morgan fingerprint density at radius 1 is 0.543 bits per heavy atom. The van der Waals surface area contributed by atoms with E-state index in [2.05, 4.69) is 16.0 Å². The van der Waals surface area contributed by atoms with Gasteiger partial charge in [-0.05, 0) is 0 Å². The Balaban J connectivity index is 1.37. The van der Waals surface area contributed by atoms with Crippen molar-refractivity contribution in [3.8, 4) is 0 Å². The third kappa shape index (κ3) is 17.1. The lowest BCUT2D eigenvalue weighted by Crippen LogP contribution is -2.72. The molecule has 42 nitrogen and oxygen atoms in total. The van der Waals surface area contributed by atoms with Crippen LogP contribution in [0.2, 0.25) is 0 Å². The summed E-state index contributed by atoms with van der Waals surface area (Å²) in [6, 6.07) is -4.93. The highest BCUT2D eigenvalue weighted by atomic mass is 16.8. The third-order valence-electron chi connectivity index (χ3n) is 16.1. The van der Waals surface area contributed by atoms with Crippen LogP contribution in [0.1, 0.15) is 26.7 Å². The van der Waals surface area contributed by atoms with Crippen LogP contribution >= 0.6 is 0 Å². The highest BCUT2D eigenvalue weighted by Gasteiger charge is 2.62. The van der Waals surface area contributed by atoms with E-state index in [-0.39, 0.29) is 6.41 Å². The van der Waals surface area contributed by atoms with Gasteiger partial charge in [0.15, 0.2) is 25.2 Å². The number of carbonyl (C=O) groups excluding carboxylic acids is 4. The Hall–Kier alpha value is -3.93. The summed E-state index contributed by atoms with van der Waals surface area (Å²) in [5.41, 5.74) is 0. The quantitative estimate of drug-likeness (QED) is 0.0297. The molecule has 0 saturated carbocycles. The van der Waals surface area contributed by atoms with E-state index in [4.69, 9.17) is 56.8 Å². The molecule has 33 atom stereocenters. The number of aliphatic carboxylic acids is 2. The first-order chi connectivity index (χ1) is 43.3. The molecule has 532 valence electrons. The summed E-state index contributed by atoms with van der Waals surface area (Å²) >= 11 is 0. The molecule has 0 aromatic carbocycles. The lowest BCUT2D eigenvalue weighted by Gasteiger charge is -2.52. The second-order valence-electron chi connectivity index (χ2n) is 22.6. The SMILES string of the molecule is CC(=O)N[C@H]1[C@H](O[C@@H]2[C@H](O)[C@@H](O)[C@H](O[C@H]3[C@H](O)[C@@H](O)[C@H](OC[C@@H](CO)NC=O)O[C@@H]3CO)O[C@@H]2CO)O[C@H](CO[C@]2(C(=O)[O-])C[C@H](O)[C@@H](NC(C)=O)[C@H]([C@H](O)[C@H](O)CO)O2)[C@H](O)[C@@H]1O[C@@H]1O[C@H](CO)[C@H](O)[C@H](O[C@]2(C(=O)O)C[C@H](O)[C@@H](O)[C@H]([C@H](O)[C@H](O)CO)O2)[C@H]1O. The minimum Gasteiger partial charge on any atom is -0.544 e. The van der Waals surface area contributed by atoms with Crippen LogP contribution in [0.25, 0.3) is 0 Å². The van der Waals surface area contributed by atoms with E-state index in [1.165, 1.54) is 0 Å². The molecule has 42 heteroatoms. The normalized spacial score (nSPS) is 43.5. The maximum Gasteiger partial charge on any atom is 0.364 e. The van der Waals surface area contributed by atoms with Crippen LogP contribution in [0, 0.1) is 0 Å². The van der Waals surface area contributed by atoms with Gasteiger partial charge in [-0.25, -0.2) is 4.79 Å². The average Bonchev–Trinajstić information content (AvgIpc) is 0.770. The van der Waals surface area contributed by atoms with Crippen molar-refractivity contribution in [2.24, 2.45) is 0 Å². The summed E-state index contributed by atoms with van der Waals surface area (Å²) in [5.74, 6) is -13.2. The molecule has 6 fully saturated rings. The van der Waals surface area contributed by atoms with E-state index in [9.17, 15) is 136 Å². The molecule has 0 aliphatic carbocycles. The molecule has 0 aromatic heterocycles. The molecule has 92 heavy (non-hydrogen) atoms. The van der Waals surface area contributed by atoms with Crippen LogP contribution in [0.15, 0.2) is 0 Å². The van der Waals surface area contributed by atoms with Crippen molar-refractivity contribution in [3.63, 3.8) is 0 Å². The Labute approximate surface area is 519 Å². The second-order valence-corrected chi connectivity index (χ2v) is 22.6. The van der Waals surface area contributed by atoms with Crippen molar-refractivity contribution < 1.29 is 193 Å². The van der Waals surface area contributed by atoms with Gasteiger partial charge in [0.25, 0.3) is 5.79 Å². The van der Waals surface area contributed by atoms with E-state index >= 15 is 0 Å². The van der Waals surface area contributed by atoms with Crippen molar-refractivity contribution in [1.82, 2.24) is 16.0 Å². The second kappa shape index (κ2) is 33.4. The monoisotopic (exact) mass is 1350 g/mol. The van der Waals surface area contributed by atoms with Gasteiger partial charge in [-0.1, -0.05) is 0 Å². The van der Waals surface area contributed by atoms with E-state index in [1.54, 1.807) is 0 Å². The molecule has 0 spiro atoms. The number of amides is 3. The number of ether oxygens (including phenoxy) is 12. The highest BCUT2D eigenvalue weighted by molar-refractivity contribution is 5.76. The summed E-state index contributed by atoms with van der Waals surface area (Å²) in [5, 5.41) is 247. The van der Waals surface area contributed by atoms with E-state index in [0.717, 1.165) is 13.8 Å². The van der Waals surface area contributed by atoms with Gasteiger partial charge in [0, 0.05) is 26.7 Å². The van der Waals surface area contributed by atoms with Crippen molar-refractivity contribution in [2.45, 2.75) is 228 Å². The van der Waals surface area contributed by atoms with Gasteiger partial charge in [0.1, 0.15) is 146 Å². The number of hydrogen-bond acceptors (Lipinski definition) is 38. The largest absolute Gasteiger partial charge is 0.544 e. The summed E-state index contributed by atoms with van der Waals surface area (Å²) < 4.78 is 68.7. The summed E-state index contributed by atoms with van der Waals surface area (Å²) in [6.45, 7) is -6.68. The predicted octanol–water partition coefficient (Wildman–Crippen LogP) is -17.6. The summed E-state index contributed by atoms with van der Waals surface area (Å²) in [7, 11) is 0. The Bertz CT molecular complexity index is 2380. The average molecular weight is 1350 g/mol. The minimum atomic E-state index is -3.35. The molecule has 0 unspecified atom stereocenters. The molecule has 0 bridgehead atoms. The number of rotatable bonds is 30. The smallest absolute Gasteiger partial charge is 0.364 e. The van der Waals surface area contributed by atoms with Crippen LogP contribution in [-0.4, -0.2) is 392 Å². The molecule has 6 rings (SSSR count). The first-order valence-electron chi connectivity index (χ1n) is 28.6. The number of hydrogen-bond donors (Lipinski definition) is 24. The van der Waals surface area contributed by atoms with Gasteiger partial charge in [0.05, 0.1) is 77.1 Å². The lowest BCUT2D eigenvalue weighted by molar-refractivity contribution is -0.399. The first kappa shape index (κ1) is 77.1. The number of aliphatic hydroxyl groups is 20. The maximum atomic E-state index is 13.2. The molecule has 6 heterocycles. The summed E-state index contributed by atoms with van der Waals surface area (Å²) in [6.07, 6.45) is -64.4. The van der Waals surface area contributed by atoms with Gasteiger partial charge in [-0.2, -0.15) is 0 Å². The molecule has 24 N–H and O–H groups in total. The third-order valence-corrected chi connectivity index (χ3v) is 16.1. The van der Waals surface area contributed by atoms with Crippen LogP contribution < -0.4 is 21.1 Å². The van der Waals surface area contributed by atoms with E-state index in [0.29, 0.717) is 0 Å². The molecule has 6 aliphatic heterocycles. The molecule has 0 radical (unpaired) electrons. The maximum absolute atomic E-state index is 13.2. The number of nitrogens with one attached hydrogen (secondary N) is 3. The fourth-order valence-corrected chi connectivity index (χ4v) is 11.2. The zero-order valence-electron chi connectivity index (χ0n) is 48.8. The summed E-state index contributed by atoms with van der Waals surface area (Å²) in [4.78, 5) is 62.5. The number of aliphatic hydroxyl groups excluding tert-OH is 20. The van der Waals surface area contributed by atoms with Crippen LogP contribution in [0.3, 0.4) is 0 Å². The number of carboxylic acids is 2. The Morgan fingerprint density at radius 2 is 1.01 bits per heavy atom.